The minimum Gasteiger partial charge on any atom is -0.325 e. The molecule has 0 aromatic heterocycles. The van der Waals surface area contributed by atoms with Crippen LogP contribution in [0.25, 0.3) is 0 Å². The normalized spacial score (nSPS) is 19.3. The van der Waals surface area contributed by atoms with Crippen LogP contribution in [0, 0.1) is 19.8 Å². The number of carbonyl (C=O) groups excluding carboxylic acids is 1. The number of fused-ring (bicyclic) bond motifs is 1. The molecule has 1 aromatic carbocycles. The third-order valence-electron chi connectivity index (χ3n) is 3.18. The van der Waals surface area contributed by atoms with Crippen LogP contribution in [-0.4, -0.2) is 5.91 Å². The van der Waals surface area contributed by atoms with E-state index in [1.54, 1.807) is 0 Å². The Morgan fingerprint density at radius 1 is 1.20 bits per heavy atom. The van der Waals surface area contributed by atoms with Crippen molar-refractivity contribution in [2.24, 2.45) is 5.92 Å². The zero-order valence-electron chi connectivity index (χ0n) is 9.72. The number of carbonyl (C=O) groups is 1. The Kier molecular flexibility index (Phi) is 2.29. The molecule has 0 radical (unpaired) electrons. The van der Waals surface area contributed by atoms with E-state index in [9.17, 15) is 4.79 Å². The molecule has 2 rings (SSSR count). The fraction of sp³-hybridized carbons (Fsp3) is 0.462. The Balaban J connectivity index is 2.62. The van der Waals surface area contributed by atoms with Gasteiger partial charge in [0.15, 0.2) is 0 Å². The highest BCUT2D eigenvalue weighted by atomic mass is 16.2. The second-order valence-electron chi connectivity index (χ2n) is 4.70. The lowest BCUT2D eigenvalue weighted by molar-refractivity contribution is -0.117. The maximum absolute atomic E-state index is 11.9. The predicted molar refractivity (Wildman–Crippen MR) is 62.1 cm³/mol. The van der Waals surface area contributed by atoms with Crippen LogP contribution in [0.3, 0.4) is 0 Å². The summed E-state index contributed by atoms with van der Waals surface area (Å²) in [5, 5.41) is 3.00. The SMILES string of the molecule is Cc1ccc(C)c2c1NC(=O)C2C(C)C. The Morgan fingerprint density at radius 2 is 1.80 bits per heavy atom. The van der Waals surface area contributed by atoms with Crippen LogP contribution in [0.1, 0.15) is 36.5 Å². The van der Waals surface area contributed by atoms with E-state index < -0.39 is 0 Å². The Hall–Kier alpha value is -1.31. The van der Waals surface area contributed by atoms with E-state index >= 15 is 0 Å². The second kappa shape index (κ2) is 3.37. The Labute approximate surface area is 90.7 Å². The largest absolute Gasteiger partial charge is 0.325 e. The summed E-state index contributed by atoms with van der Waals surface area (Å²) < 4.78 is 0. The first kappa shape index (κ1) is 10.2. The molecule has 2 nitrogen and oxygen atoms in total. The maximum atomic E-state index is 11.9. The molecule has 1 atom stereocenters. The summed E-state index contributed by atoms with van der Waals surface area (Å²) in [4.78, 5) is 11.9. The molecule has 1 unspecified atom stereocenters. The number of benzene rings is 1. The van der Waals surface area contributed by atoms with Crippen molar-refractivity contribution in [1.82, 2.24) is 0 Å². The van der Waals surface area contributed by atoms with Crippen molar-refractivity contribution in [3.63, 3.8) is 0 Å². The van der Waals surface area contributed by atoms with Crippen molar-refractivity contribution < 1.29 is 4.79 Å². The topological polar surface area (TPSA) is 29.1 Å². The zero-order valence-corrected chi connectivity index (χ0v) is 9.72. The van der Waals surface area contributed by atoms with Gasteiger partial charge in [-0.25, -0.2) is 0 Å². The lowest BCUT2D eigenvalue weighted by Gasteiger charge is -2.15. The summed E-state index contributed by atoms with van der Waals surface area (Å²) in [6.45, 7) is 8.32. The molecule has 1 aliphatic rings. The average molecular weight is 203 g/mol. The van der Waals surface area contributed by atoms with E-state index in [4.69, 9.17) is 0 Å². The van der Waals surface area contributed by atoms with Crippen LogP contribution in [0.4, 0.5) is 5.69 Å². The Morgan fingerprint density at radius 3 is 2.40 bits per heavy atom. The lowest BCUT2D eigenvalue weighted by atomic mass is 9.86. The molecule has 0 saturated heterocycles. The van der Waals surface area contributed by atoms with E-state index in [2.05, 4.69) is 38.2 Å². The molecule has 0 aliphatic carbocycles. The third kappa shape index (κ3) is 1.44. The molecular weight excluding hydrogens is 186 g/mol. The fourth-order valence-corrected chi connectivity index (χ4v) is 2.37. The molecule has 1 N–H and O–H groups in total. The van der Waals surface area contributed by atoms with Gasteiger partial charge in [-0.05, 0) is 36.5 Å². The van der Waals surface area contributed by atoms with Gasteiger partial charge in [-0.1, -0.05) is 26.0 Å². The van der Waals surface area contributed by atoms with E-state index in [1.165, 1.54) is 11.1 Å². The third-order valence-corrected chi connectivity index (χ3v) is 3.18. The number of hydrogen-bond acceptors (Lipinski definition) is 1. The minimum atomic E-state index is 0.0277. The van der Waals surface area contributed by atoms with Crippen molar-refractivity contribution >= 4 is 11.6 Å². The molecule has 0 spiro atoms. The quantitative estimate of drug-likeness (QED) is 0.747. The standard InChI is InChI=1S/C13H17NO/c1-7(2)10-11-8(3)5-6-9(4)12(11)14-13(10)15/h5-7,10H,1-4H3,(H,14,15). The van der Waals surface area contributed by atoms with Crippen molar-refractivity contribution in [2.45, 2.75) is 33.6 Å². The van der Waals surface area contributed by atoms with Crippen LogP contribution in [-0.2, 0) is 4.79 Å². The van der Waals surface area contributed by atoms with Gasteiger partial charge in [-0.2, -0.15) is 0 Å². The molecule has 0 bridgehead atoms. The van der Waals surface area contributed by atoms with Gasteiger partial charge < -0.3 is 5.32 Å². The summed E-state index contributed by atoms with van der Waals surface area (Å²) in [6.07, 6.45) is 0. The number of anilines is 1. The number of amides is 1. The second-order valence-corrected chi connectivity index (χ2v) is 4.70. The predicted octanol–water partition coefficient (Wildman–Crippen LogP) is 3.00. The highest BCUT2D eigenvalue weighted by Crippen LogP contribution is 2.40. The average Bonchev–Trinajstić information content (AvgIpc) is 2.50. The van der Waals surface area contributed by atoms with E-state index in [1.807, 2.05) is 6.92 Å². The van der Waals surface area contributed by atoms with Crippen molar-refractivity contribution in [1.29, 1.82) is 0 Å². The van der Waals surface area contributed by atoms with Gasteiger partial charge >= 0.3 is 0 Å². The molecule has 15 heavy (non-hydrogen) atoms. The zero-order chi connectivity index (χ0) is 11.2. The maximum Gasteiger partial charge on any atom is 0.232 e. The van der Waals surface area contributed by atoms with E-state index in [0.29, 0.717) is 5.92 Å². The molecule has 1 heterocycles. The van der Waals surface area contributed by atoms with Gasteiger partial charge in [0.05, 0.1) is 5.92 Å². The van der Waals surface area contributed by atoms with Crippen LogP contribution in [0.2, 0.25) is 0 Å². The molecule has 0 saturated carbocycles. The van der Waals surface area contributed by atoms with Crippen LogP contribution in [0.5, 0.6) is 0 Å². The monoisotopic (exact) mass is 203 g/mol. The van der Waals surface area contributed by atoms with Crippen LogP contribution in [0.15, 0.2) is 12.1 Å². The smallest absolute Gasteiger partial charge is 0.232 e. The first-order valence-electron chi connectivity index (χ1n) is 5.43. The number of aryl methyl sites for hydroxylation is 2. The summed E-state index contributed by atoms with van der Waals surface area (Å²) in [7, 11) is 0. The van der Waals surface area contributed by atoms with Gasteiger partial charge in [-0.3, -0.25) is 4.79 Å². The van der Waals surface area contributed by atoms with Gasteiger partial charge in [0, 0.05) is 5.69 Å². The van der Waals surface area contributed by atoms with Crippen molar-refractivity contribution in [3.8, 4) is 0 Å². The van der Waals surface area contributed by atoms with Crippen molar-refractivity contribution in [2.75, 3.05) is 5.32 Å². The highest BCUT2D eigenvalue weighted by molar-refractivity contribution is 6.04. The first-order valence-corrected chi connectivity index (χ1v) is 5.43. The molecule has 1 aromatic rings. The van der Waals surface area contributed by atoms with Gasteiger partial charge in [0.1, 0.15) is 0 Å². The molecule has 80 valence electrons. The molecule has 1 amide bonds. The highest BCUT2D eigenvalue weighted by Gasteiger charge is 2.34. The molecule has 0 fully saturated rings. The van der Waals surface area contributed by atoms with Crippen LogP contribution >= 0.6 is 0 Å². The van der Waals surface area contributed by atoms with Gasteiger partial charge in [0.2, 0.25) is 5.91 Å². The number of nitrogens with one attached hydrogen (secondary N) is 1. The fourth-order valence-electron chi connectivity index (χ4n) is 2.37. The van der Waals surface area contributed by atoms with E-state index in [-0.39, 0.29) is 11.8 Å². The van der Waals surface area contributed by atoms with Gasteiger partial charge in [0.25, 0.3) is 0 Å². The lowest BCUT2D eigenvalue weighted by Crippen LogP contribution is -2.17. The van der Waals surface area contributed by atoms with E-state index in [0.717, 1.165) is 11.3 Å². The van der Waals surface area contributed by atoms with Crippen LogP contribution < -0.4 is 5.32 Å². The summed E-state index contributed by atoms with van der Waals surface area (Å²) >= 11 is 0. The summed E-state index contributed by atoms with van der Waals surface area (Å²) in [5.41, 5.74) is 4.62. The Bertz CT molecular complexity index is 421. The van der Waals surface area contributed by atoms with Crippen molar-refractivity contribution in [3.05, 3.63) is 28.8 Å². The first-order chi connectivity index (χ1) is 7.02. The summed E-state index contributed by atoms with van der Waals surface area (Å²) in [6, 6.07) is 4.17. The molecular formula is C13H17NO. The number of rotatable bonds is 1. The van der Waals surface area contributed by atoms with Gasteiger partial charge in [-0.15, -0.1) is 0 Å². The number of hydrogen-bond donors (Lipinski definition) is 1. The minimum absolute atomic E-state index is 0.0277. The molecule has 1 aliphatic heterocycles. The summed E-state index contributed by atoms with van der Waals surface area (Å²) in [5.74, 6) is 0.532. The molecule has 2 heteroatoms.